The van der Waals surface area contributed by atoms with E-state index in [0.717, 1.165) is 40.6 Å². The maximum Gasteiger partial charge on any atom is 0.253 e. The Morgan fingerprint density at radius 1 is 1.00 bits per heavy atom. The van der Waals surface area contributed by atoms with Crippen LogP contribution >= 0.6 is 12.2 Å². The fraction of sp³-hybridized carbons (Fsp3) is 0.222. The largest absolute Gasteiger partial charge is 0.362 e. The van der Waals surface area contributed by atoms with Gasteiger partial charge in [-0.15, -0.1) is 0 Å². The van der Waals surface area contributed by atoms with E-state index in [1.165, 1.54) is 5.56 Å². The minimum atomic E-state index is -0.0838. The molecule has 33 heavy (non-hydrogen) atoms. The molecule has 0 fully saturated rings. The van der Waals surface area contributed by atoms with Crippen molar-refractivity contribution >= 4 is 28.2 Å². The summed E-state index contributed by atoms with van der Waals surface area (Å²) in [5, 5.41) is 5.06. The molecule has 0 aliphatic rings. The fourth-order valence-electron chi connectivity index (χ4n) is 3.92. The van der Waals surface area contributed by atoms with Crippen molar-refractivity contribution in [2.75, 3.05) is 6.54 Å². The van der Waals surface area contributed by atoms with Crippen LogP contribution in [0.3, 0.4) is 0 Å². The van der Waals surface area contributed by atoms with Gasteiger partial charge in [-0.1, -0.05) is 48.5 Å². The Labute approximate surface area is 199 Å². The van der Waals surface area contributed by atoms with Gasteiger partial charge in [0.2, 0.25) is 0 Å². The maximum absolute atomic E-state index is 12.9. The lowest BCUT2D eigenvalue weighted by atomic mass is 10.0. The van der Waals surface area contributed by atoms with Gasteiger partial charge in [-0.25, -0.2) is 0 Å². The molecule has 168 valence electrons. The Kier molecular flexibility index (Phi) is 7.15. The number of rotatable bonds is 7. The van der Waals surface area contributed by atoms with E-state index in [0.29, 0.717) is 23.8 Å². The van der Waals surface area contributed by atoms with Crippen LogP contribution < -0.4 is 10.9 Å². The average Bonchev–Trinajstić information content (AvgIpc) is 2.83. The van der Waals surface area contributed by atoms with Crippen LogP contribution in [0.1, 0.15) is 27.8 Å². The normalized spacial score (nSPS) is 10.8. The van der Waals surface area contributed by atoms with Gasteiger partial charge in [0.05, 0.1) is 12.1 Å². The molecule has 2 aromatic carbocycles. The van der Waals surface area contributed by atoms with Gasteiger partial charge in [-0.05, 0) is 66.9 Å². The highest BCUT2D eigenvalue weighted by molar-refractivity contribution is 7.80. The molecule has 0 aliphatic carbocycles. The van der Waals surface area contributed by atoms with Crippen molar-refractivity contribution in [3.63, 3.8) is 0 Å². The van der Waals surface area contributed by atoms with Gasteiger partial charge >= 0.3 is 0 Å². The predicted octanol–water partition coefficient (Wildman–Crippen LogP) is 4.66. The van der Waals surface area contributed by atoms with Crippen LogP contribution in [0.2, 0.25) is 0 Å². The van der Waals surface area contributed by atoms with Gasteiger partial charge in [0, 0.05) is 36.4 Å². The summed E-state index contributed by atoms with van der Waals surface area (Å²) in [7, 11) is 0. The lowest BCUT2D eigenvalue weighted by Crippen LogP contribution is -2.40. The van der Waals surface area contributed by atoms with Crippen molar-refractivity contribution in [1.82, 2.24) is 20.2 Å². The topological polar surface area (TPSA) is 61.0 Å². The Morgan fingerprint density at radius 3 is 2.52 bits per heavy atom. The number of benzene rings is 2. The van der Waals surface area contributed by atoms with Crippen LogP contribution in [0.5, 0.6) is 0 Å². The highest BCUT2D eigenvalue weighted by atomic mass is 32.1. The fourth-order valence-corrected chi connectivity index (χ4v) is 4.15. The molecule has 6 heteroatoms. The summed E-state index contributed by atoms with van der Waals surface area (Å²) in [4.78, 5) is 22.3. The third kappa shape index (κ3) is 5.65. The summed E-state index contributed by atoms with van der Waals surface area (Å²) in [6, 6.07) is 20.4. The number of hydrogen-bond acceptors (Lipinski definition) is 3. The van der Waals surface area contributed by atoms with Crippen molar-refractivity contribution in [3.05, 3.63) is 111 Å². The van der Waals surface area contributed by atoms with Crippen molar-refractivity contribution < 1.29 is 0 Å². The van der Waals surface area contributed by atoms with Gasteiger partial charge in [0.15, 0.2) is 5.11 Å². The summed E-state index contributed by atoms with van der Waals surface area (Å²) in [6.45, 7) is 5.77. The number of aromatic amines is 1. The van der Waals surface area contributed by atoms with Crippen LogP contribution in [0.15, 0.2) is 77.9 Å². The summed E-state index contributed by atoms with van der Waals surface area (Å²) < 4.78 is 0. The summed E-state index contributed by atoms with van der Waals surface area (Å²) in [6.07, 6.45) is 4.46. The Hall–Kier alpha value is -3.51. The quantitative estimate of drug-likeness (QED) is 0.396. The zero-order valence-corrected chi connectivity index (χ0v) is 19.8. The standard InChI is InChI=1S/C27H28N4OS/c1-19-10-11-20(2)25-24(19)15-23(26(32)30-25)18-31(17-22-9-6-13-28-16-22)27(33)29-14-12-21-7-4-3-5-8-21/h3-11,13,15-16H,12,14,17-18H2,1-2H3,(H,29,33)(H,30,32). The van der Waals surface area contributed by atoms with E-state index in [-0.39, 0.29) is 5.56 Å². The van der Waals surface area contributed by atoms with Gasteiger partial charge in [-0.2, -0.15) is 0 Å². The molecule has 2 heterocycles. The van der Waals surface area contributed by atoms with E-state index in [4.69, 9.17) is 12.2 Å². The van der Waals surface area contributed by atoms with Crippen molar-refractivity contribution in [2.45, 2.75) is 33.4 Å². The molecule has 2 aromatic heterocycles. The molecule has 0 unspecified atom stereocenters. The molecule has 0 radical (unpaired) electrons. The minimum Gasteiger partial charge on any atom is -0.362 e. The Morgan fingerprint density at radius 2 is 1.76 bits per heavy atom. The van der Waals surface area contributed by atoms with Crippen molar-refractivity contribution in [2.24, 2.45) is 0 Å². The number of H-pyrrole nitrogens is 1. The van der Waals surface area contributed by atoms with E-state index in [9.17, 15) is 4.79 Å². The number of nitrogens with one attached hydrogen (secondary N) is 2. The second-order valence-electron chi connectivity index (χ2n) is 8.30. The molecular weight excluding hydrogens is 428 g/mol. The number of aryl methyl sites for hydroxylation is 2. The van der Waals surface area contributed by atoms with Gasteiger partial charge in [0.25, 0.3) is 5.56 Å². The van der Waals surface area contributed by atoms with Crippen LogP contribution in [-0.2, 0) is 19.5 Å². The van der Waals surface area contributed by atoms with E-state index in [1.807, 2.05) is 60.5 Å². The molecule has 0 saturated heterocycles. The Balaban J connectivity index is 1.57. The first kappa shape index (κ1) is 22.7. The van der Waals surface area contributed by atoms with Crippen molar-refractivity contribution in [3.8, 4) is 0 Å². The molecule has 0 amide bonds. The van der Waals surface area contributed by atoms with Crippen LogP contribution in [0, 0.1) is 13.8 Å². The molecule has 0 aliphatic heterocycles. The molecule has 0 atom stereocenters. The SMILES string of the molecule is Cc1ccc(C)c2[nH]c(=O)c(CN(Cc3cccnc3)C(=S)NCCc3ccccc3)cc12. The smallest absolute Gasteiger partial charge is 0.253 e. The van der Waals surface area contributed by atoms with Gasteiger partial charge < -0.3 is 15.2 Å². The van der Waals surface area contributed by atoms with E-state index < -0.39 is 0 Å². The van der Waals surface area contributed by atoms with Gasteiger partial charge in [0.1, 0.15) is 0 Å². The molecule has 0 spiro atoms. The lowest BCUT2D eigenvalue weighted by molar-refractivity contribution is 0.397. The number of fused-ring (bicyclic) bond motifs is 1. The average molecular weight is 457 g/mol. The maximum atomic E-state index is 12.9. The van der Waals surface area contributed by atoms with Crippen LogP contribution in [0.25, 0.3) is 10.9 Å². The van der Waals surface area contributed by atoms with Crippen molar-refractivity contribution in [1.29, 1.82) is 0 Å². The zero-order valence-electron chi connectivity index (χ0n) is 19.0. The molecule has 0 bridgehead atoms. The molecule has 5 nitrogen and oxygen atoms in total. The molecule has 4 rings (SSSR count). The first-order valence-corrected chi connectivity index (χ1v) is 11.5. The summed E-state index contributed by atoms with van der Waals surface area (Å²) in [5.74, 6) is 0. The van der Waals surface area contributed by atoms with Gasteiger partial charge in [-0.3, -0.25) is 9.78 Å². The van der Waals surface area contributed by atoms with E-state index in [1.54, 1.807) is 6.20 Å². The zero-order chi connectivity index (χ0) is 23.2. The highest BCUT2D eigenvalue weighted by Crippen LogP contribution is 2.20. The molecule has 4 aromatic rings. The second-order valence-corrected chi connectivity index (χ2v) is 8.68. The minimum absolute atomic E-state index is 0.0838. The highest BCUT2D eigenvalue weighted by Gasteiger charge is 2.15. The lowest BCUT2D eigenvalue weighted by Gasteiger charge is -2.26. The van der Waals surface area contributed by atoms with Crippen LogP contribution in [0.4, 0.5) is 0 Å². The summed E-state index contributed by atoms with van der Waals surface area (Å²) >= 11 is 5.76. The summed E-state index contributed by atoms with van der Waals surface area (Å²) in [5.41, 5.74) is 5.98. The Bertz CT molecular complexity index is 1300. The third-order valence-electron chi connectivity index (χ3n) is 5.80. The first-order valence-electron chi connectivity index (χ1n) is 11.1. The second kappa shape index (κ2) is 10.4. The van der Waals surface area contributed by atoms with E-state index in [2.05, 4.69) is 40.4 Å². The molecule has 0 saturated carbocycles. The predicted molar refractivity (Wildman–Crippen MR) is 138 cm³/mol. The number of nitrogens with zero attached hydrogens (tertiary/aromatic N) is 2. The first-order chi connectivity index (χ1) is 16.0. The number of hydrogen-bond donors (Lipinski definition) is 2. The monoisotopic (exact) mass is 456 g/mol. The van der Waals surface area contributed by atoms with Crippen LogP contribution in [-0.4, -0.2) is 26.5 Å². The van der Waals surface area contributed by atoms with E-state index >= 15 is 0 Å². The number of pyridine rings is 2. The third-order valence-corrected chi connectivity index (χ3v) is 6.20. The molecular formula is C27H28N4OS. The number of aromatic nitrogens is 2. The number of thiocarbonyl (C=S) groups is 1. The molecule has 2 N–H and O–H groups in total.